The van der Waals surface area contributed by atoms with Crippen molar-refractivity contribution in [2.45, 2.75) is 50.8 Å². The first kappa shape index (κ1) is 17.1. The summed E-state index contributed by atoms with van der Waals surface area (Å²) >= 11 is 0. The number of amides is 1. The minimum atomic E-state index is -0.319. The SMILES string of the molecule is CC(=O)N1CCC[C@@H]1[C@H]1CCCN1C[C@H](O)CN1CCOCC1. The number of nitrogens with zero attached hydrogens (tertiary/aromatic N) is 3. The molecule has 0 aliphatic carbocycles. The van der Waals surface area contributed by atoms with Crippen molar-refractivity contribution in [3.8, 4) is 0 Å². The molecule has 0 aromatic heterocycles. The van der Waals surface area contributed by atoms with E-state index in [0.717, 1.165) is 71.7 Å². The molecule has 3 saturated heterocycles. The van der Waals surface area contributed by atoms with Gasteiger partial charge in [-0.05, 0) is 32.2 Å². The Bertz CT molecular complexity index is 401. The Morgan fingerprint density at radius 2 is 1.78 bits per heavy atom. The van der Waals surface area contributed by atoms with Crippen molar-refractivity contribution in [1.29, 1.82) is 0 Å². The Hall–Kier alpha value is -0.690. The number of aliphatic hydroxyl groups excluding tert-OH is 1. The van der Waals surface area contributed by atoms with Crippen LogP contribution in [0.1, 0.15) is 32.6 Å². The lowest BCUT2D eigenvalue weighted by Gasteiger charge is -2.36. The number of likely N-dealkylation sites (tertiary alicyclic amines) is 2. The van der Waals surface area contributed by atoms with E-state index in [9.17, 15) is 9.90 Å². The number of ether oxygens (including phenoxy) is 1. The lowest BCUT2D eigenvalue weighted by Crippen LogP contribution is -2.51. The number of hydrogen-bond donors (Lipinski definition) is 1. The minimum absolute atomic E-state index is 0.202. The van der Waals surface area contributed by atoms with Gasteiger partial charge in [0.15, 0.2) is 0 Å². The number of carbonyl (C=O) groups excluding carboxylic acids is 1. The maximum atomic E-state index is 11.8. The molecular weight excluding hydrogens is 294 g/mol. The lowest BCUT2D eigenvalue weighted by atomic mass is 10.0. The minimum Gasteiger partial charge on any atom is -0.390 e. The van der Waals surface area contributed by atoms with E-state index < -0.39 is 0 Å². The van der Waals surface area contributed by atoms with E-state index in [2.05, 4.69) is 14.7 Å². The van der Waals surface area contributed by atoms with Crippen molar-refractivity contribution < 1.29 is 14.6 Å². The standard InChI is InChI=1S/C17H31N3O3/c1-14(21)20-7-3-5-17(20)16-4-2-6-19(16)13-15(22)12-18-8-10-23-11-9-18/h15-17,22H,2-13H2,1H3/t15-,16-,17-/m1/s1. The molecule has 0 bridgehead atoms. The summed E-state index contributed by atoms with van der Waals surface area (Å²) in [5, 5.41) is 10.5. The van der Waals surface area contributed by atoms with Gasteiger partial charge in [0.2, 0.25) is 5.91 Å². The summed E-state index contributed by atoms with van der Waals surface area (Å²) in [5.41, 5.74) is 0. The molecule has 3 aliphatic rings. The second-order valence-corrected chi connectivity index (χ2v) is 7.19. The van der Waals surface area contributed by atoms with Crippen LogP contribution in [-0.4, -0.2) is 96.4 Å². The van der Waals surface area contributed by atoms with Crippen LogP contribution in [0.25, 0.3) is 0 Å². The Balaban J connectivity index is 1.53. The summed E-state index contributed by atoms with van der Waals surface area (Å²) in [4.78, 5) is 18.6. The largest absolute Gasteiger partial charge is 0.390 e. The Morgan fingerprint density at radius 3 is 2.52 bits per heavy atom. The molecule has 1 N–H and O–H groups in total. The van der Waals surface area contributed by atoms with Gasteiger partial charge in [0.25, 0.3) is 0 Å². The second-order valence-electron chi connectivity index (χ2n) is 7.19. The van der Waals surface area contributed by atoms with Gasteiger partial charge in [0, 0.05) is 51.7 Å². The molecule has 6 heteroatoms. The fourth-order valence-corrected chi connectivity index (χ4v) is 4.51. The molecule has 0 unspecified atom stereocenters. The van der Waals surface area contributed by atoms with Crippen LogP contribution in [0.3, 0.4) is 0 Å². The van der Waals surface area contributed by atoms with Crippen LogP contribution in [0.5, 0.6) is 0 Å². The molecule has 6 nitrogen and oxygen atoms in total. The Kier molecular flexibility index (Phi) is 5.91. The highest BCUT2D eigenvalue weighted by atomic mass is 16.5. The van der Waals surface area contributed by atoms with Crippen LogP contribution in [0.2, 0.25) is 0 Å². The van der Waals surface area contributed by atoms with E-state index >= 15 is 0 Å². The molecule has 3 heterocycles. The van der Waals surface area contributed by atoms with Crippen molar-refractivity contribution in [3.63, 3.8) is 0 Å². The summed E-state index contributed by atoms with van der Waals surface area (Å²) in [7, 11) is 0. The maximum absolute atomic E-state index is 11.8. The number of rotatable bonds is 5. The molecule has 3 atom stereocenters. The molecule has 0 saturated carbocycles. The van der Waals surface area contributed by atoms with Gasteiger partial charge < -0.3 is 14.7 Å². The van der Waals surface area contributed by atoms with Crippen LogP contribution in [0, 0.1) is 0 Å². The van der Waals surface area contributed by atoms with Gasteiger partial charge in [-0.1, -0.05) is 0 Å². The highest BCUT2D eigenvalue weighted by molar-refractivity contribution is 5.74. The van der Waals surface area contributed by atoms with Crippen LogP contribution in [-0.2, 0) is 9.53 Å². The van der Waals surface area contributed by atoms with Crippen molar-refractivity contribution >= 4 is 5.91 Å². The van der Waals surface area contributed by atoms with Gasteiger partial charge in [0.1, 0.15) is 0 Å². The molecule has 132 valence electrons. The van der Waals surface area contributed by atoms with Gasteiger partial charge >= 0.3 is 0 Å². The van der Waals surface area contributed by atoms with Crippen molar-refractivity contribution in [3.05, 3.63) is 0 Å². The third kappa shape index (κ3) is 4.24. The van der Waals surface area contributed by atoms with E-state index in [4.69, 9.17) is 4.74 Å². The monoisotopic (exact) mass is 325 g/mol. The molecule has 3 fully saturated rings. The zero-order valence-electron chi connectivity index (χ0n) is 14.3. The van der Waals surface area contributed by atoms with Gasteiger partial charge in [-0.15, -0.1) is 0 Å². The molecule has 0 radical (unpaired) electrons. The first-order valence-electron chi connectivity index (χ1n) is 9.14. The summed E-state index contributed by atoms with van der Waals surface area (Å²) in [6.45, 7) is 8.47. The number of carbonyl (C=O) groups is 1. The number of hydrogen-bond acceptors (Lipinski definition) is 5. The Morgan fingerprint density at radius 1 is 1.09 bits per heavy atom. The maximum Gasteiger partial charge on any atom is 0.219 e. The van der Waals surface area contributed by atoms with Crippen LogP contribution in [0.4, 0.5) is 0 Å². The number of morpholine rings is 1. The average Bonchev–Trinajstić information content (AvgIpc) is 3.16. The first-order chi connectivity index (χ1) is 11.1. The fourth-order valence-electron chi connectivity index (χ4n) is 4.51. The van der Waals surface area contributed by atoms with Crippen molar-refractivity contribution in [2.24, 2.45) is 0 Å². The smallest absolute Gasteiger partial charge is 0.219 e. The lowest BCUT2D eigenvalue weighted by molar-refractivity contribution is -0.130. The molecule has 23 heavy (non-hydrogen) atoms. The number of aliphatic hydroxyl groups is 1. The van der Waals surface area contributed by atoms with Crippen molar-refractivity contribution in [1.82, 2.24) is 14.7 Å². The molecular formula is C17H31N3O3. The van der Waals surface area contributed by atoms with Gasteiger partial charge in [-0.2, -0.15) is 0 Å². The highest BCUT2D eigenvalue weighted by Crippen LogP contribution is 2.30. The fraction of sp³-hybridized carbons (Fsp3) is 0.941. The van der Waals surface area contributed by atoms with Crippen LogP contribution < -0.4 is 0 Å². The highest BCUT2D eigenvalue weighted by Gasteiger charge is 2.39. The summed E-state index contributed by atoms with van der Waals surface area (Å²) in [6.07, 6.45) is 4.24. The van der Waals surface area contributed by atoms with Crippen molar-refractivity contribution in [2.75, 3.05) is 52.5 Å². The van der Waals surface area contributed by atoms with Gasteiger partial charge in [-0.3, -0.25) is 14.6 Å². The average molecular weight is 325 g/mol. The first-order valence-corrected chi connectivity index (χ1v) is 9.14. The summed E-state index contributed by atoms with van der Waals surface area (Å²) < 4.78 is 5.36. The number of β-amino-alcohol motifs (C(OH)–C–C–N with tert-alkyl or cyclic N) is 1. The molecule has 0 aromatic carbocycles. The van der Waals surface area contributed by atoms with Gasteiger partial charge in [0.05, 0.1) is 19.3 Å². The summed E-state index contributed by atoms with van der Waals surface area (Å²) in [6, 6.07) is 0.784. The third-order valence-electron chi connectivity index (χ3n) is 5.58. The predicted molar refractivity (Wildman–Crippen MR) is 88.3 cm³/mol. The van der Waals surface area contributed by atoms with E-state index in [0.29, 0.717) is 12.1 Å². The molecule has 3 aliphatic heterocycles. The van der Waals surface area contributed by atoms with Crippen LogP contribution in [0.15, 0.2) is 0 Å². The topological polar surface area (TPSA) is 56.2 Å². The zero-order valence-corrected chi connectivity index (χ0v) is 14.3. The zero-order chi connectivity index (χ0) is 16.2. The summed E-state index contributed by atoms with van der Waals surface area (Å²) in [5.74, 6) is 0.202. The van der Waals surface area contributed by atoms with Crippen LogP contribution >= 0.6 is 0 Å². The van der Waals surface area contributed by atoms with E-state index in [1.165, 1.54) is 6.42 Å². The molecule has 1 amide bonds. The molecule has 0 spiro atoms. The van der Waals surface area contributed by atoms with E-state index in [-0.39, 0.29) is 12.0 Å². The predicted octanol–water partition coefficient (Wildman–Crippen LogP) is 0.155. The normalized spacial score (nSPS) is 31.7. The molecule has 3 rings (SSSR count). The second kappa shape index (κ2) is 7.92. The van der Waals surface area contributed by atoms with E-state index in [1.54, 1.807) is 6.92 Å². The Labute approximate surface area is 139 Å². The third-order valence-corrected chi connectivity index (χ3v) is 5.58. The van der Waals surface area contributed by atoms with Gasteiger partial charge in [-0.25, -0.2) is 0 Å². The quantitative estimate of drug-likeness (QED) is 0.780. The van der Waals surface area contributed by atoms with E-state index in [1.807, 2.05) is 0 Å². The molecule has 0 aromatic rings.